The van der Waals surface area contributed by atoms with Gasteiger partial charge >= 0.3 is 0 Å². The Balaban J connectivity index is 2.80. The molecule has 0 aromatic heterocycles. The predicted octanol–water partition coefficient (Wildman–Crippen LogP) is 2.92. The van der Waals surface area contributed by atoms with E-state index in [9.17, 15) is 5.11 Å². The molecule has 1 aromatic rings. The molecule has 0 bridgehead atoms. The maximum atomic E-state index is 9.98. The molecular weight excluding hydrogens is 272 g/mol. The molecule has 1 rings (SSSR count). The number of methoxy groups -OCH3 is 1. The van der Waals surface area contributed by atoms with E-state index in [1.54, 1.807) is 7.11 Å². The van der Waals surface area contributed by atoms with Crippen molar-refractivity contribution in [2.45, 2.75) is 26.1 Å². The fraction of sp³-hybridized carbons (Fsp3) is 0.500. The first kappa shape index (κ1) is 13.5. The van der Waals surface area contributed by atoms with Crippen LogP contribution in [0.25, 0.3) is 0 Å². The lowest BCUT2D eigenvalue weighted by Gasteiger charge is -2.16. The third-order valence-corrected chi connectivity index (χ3v) is 2.63. The minimum absolute atomic E-state index is 0.104. The van der Waals surface area contributed by atoms with Gasteiger partial charge in [0, 0.05) is 10.0 Å². The zero-order chi connectivity index (χ0) is 12.1. The molecule has 4 heteroatoms. The van der Waals surface area contributed by atoms with E-state index in [1.165, 1.54) is 0 Å². The molecule has 90 valence electrons. The molecule has 1 N–H and O–H groups in total. The van der Waals surface area contributed by atoms with E-state index in [4.69, 9.17) is 9.47 Å². The maximum absolute atomic E-state index is 9.98. The number of hydrogen-bond donors (Lipinski definition) is 1. The second-order valence-electron chi connectivity index (χ2n) is 3.78. The van der Waals surface area contributed by atoms with Crippen LogP contribution in [0.15, 0.2) is 22.7 Å². The Bertz CT molecular complexity index is 339. The van der Waals surface area contributed by atoms with Gasteiger partial charge in [-0.05, 0) is 32.0 Å². The Labute approximate surface area is 105 Å². The van der Waals surface area contributed by atoms with E-state index in [1.807, 2.05) is 32.0 Å². The summed E-state index contributed by atoms with van der Waals surface area (Å²) in [6.07, 6.45) is -0.567. The quantitative estimate of drug-likeness (QED) is 0.905. The molecule has 0 aliphatic carbocycles. The molecule has 0 aliphatic rings. The van der Waals surface area contributed by atoms with Gasteiger partial charge in [0.05, 0.1) is 19.8 Å². The highest BCUT2D eigenvalue weighted by atomic mass is 79.9. The van der Waals surface area contributed by atoms with Crippen LogP contribution < -0.4 is 4.74 Å². The summed E-state index contributed by atoms with van der Waals surface area (Å²) in [4.78, 5) is 0. The minimum Gasteiger partial charge on any atom is -0.496 e. The second kappa shape index (κ2) is 6.23. The first-order valence-corrected chi connectivity index (χ1v) is 5.97. The number of benzene rings is 1. The van der Waals surface area contributed by atoms with Crippen LogP contribution in [0, 0.1) is 0 Å². The van der Waals surface area contributed by atoms with E-state index < -0.39 is 6.10 Å². The Morgan fingerprint density at radius 3 is 2.62 bits per heavy atom. The van der Waals surface area contributed by atoms with Gasteiger partial charge < -0.3 is 14.6 Å². The van der Waals surface area contributed by atoms with Gasteiger partial charge in [0.2, 0.25) is 0 Å². The van der Waals surface area contributed by atoms with Crippen LogP contribution >= 0.6 is 15.9 Å². The average Bonchev–Trinajstić information content (AvgIpc) is 2.25. The van der Waals surface area contributed by atoms with Crippen molar-refractivity contribution in [1.82, 2.24) is 0 Å². The van der Waals surface area contributed by atoms with Gasteiger partial charge in [-0.3, -0.25) is 0 Å². The molecule has 0 saturated heterocycles. The summed E-state index contributed by atoms with van der Waals surface area (Å²) >= 11 is 3.37. The van der Waals surface area contributed by atoms with Crippen molar-refractivity contribution in [3.63, 3.8) is 0 Å². The SMILES string of the molecule is COc1ccc(Br)cc1C(O)COC(C)C. The van der Waals surface area contributed by atoms with E-state index >= 15 is 0 Å². The summed E-state index contributed by atoms with van der Waals surface area (Å²) in [7, 11) is 1.59. The highest BCUT2D eigenvalue weighted by molar-refractivity contribution is 9.10. The van der Waals surface area contributed by atoms with Gasteiger partial charge in [0.25, 0.3) is 0 Å². The zero-order valence-corrected chi connectivity index (χ0v) is 11.3. The van der Waals surface area contributed by atoms with E-state index in [0.29, 0.717) is 5.75 Å². The highest BCUT2D eigenvalue weighted by Crippen LogP contribution is 2.28. The van der Waals surface area contributed by atoms with Gasteiger partial charge in [-0.25, -0.2) is 0 Å². The first-order valence-electron chi connectivity index (χ1n) is 5.17. The second-order valence-corrected chi connectivity index (χ2v) is 4.70. The molecule has 0 amide bonds. The number of ether oxygens (including phenoxy) is 2. The lowest BCUT2D eigenvalue weighted by molar-refractivity contribution is 0.00406. The summed E-state index contributed by atoms with van der Waals surface area (Å²) in [5.41, 5.74) is 0.734. The van der Waals surface area contributed by atoms with E-state index in [2.05, 4.69) is 15.9 Å². The lowest BCUT2D eigenvalue weighted by atomic mass is 10.1. The average molecular weight is 289 g/mol. The fourth-order valence-electron chi connectivity index (χ4n) is 1.34. The Hall–Kier alpha value is -0.580. The fourth-order valence-corrected chi connectivity index (χ4v) is 1.72. The molecule has 1 aromatic carbocycles. The topological polar surface area (TPSA) is 38.7 Å². The van der Waals surface area contributed by atoms with Crippen molar-refractivity contribution in [3.05, 3.63) is 28.2 Å². The van der Waals surface area contributed by atoms with Crippen LogP contribution in [0.3, 0.4) is 0 Å². The van der Waals surface area contributed by atoms with E-state index in [0.717, 1.165) is 10.0 Å². The summed E-state index contributed by atoms with van der Waals surface area (Å²) in [6, 6.07) is 5.53. The monoisotopic (exact) mass is 288 g/mol. The zero-order valence-electron chi connectivity index (χ0n) is 9.74. The van der Waals surface area contributed by atoms with Crippen LogP contribution in [-0.2, 0) is 4.74 Å². The Morgan fingerprint density at radius 2 is 2.06 bits per heavy atom. The summed E-state index contributed by atoms with van der Waals surface area (Å²) in [5, 5.41) is 9.98. The molecular formula is C12H17BrO3. The van der Waals surface area contributed by atoms with Crippen molar-refractivity contribution in [1.29, 1.82) is 0 Å². The third-order valence-electron chi connectivity index (χ3n) is 2.14. The van der Waals surface area contributed by atoms with Gasteiger partial charge in [0.15, 0.2) is 0 Å². The molecule has 0 fully saturated rings. The largest absolute Gasteiger partial charge is 0.496 e. The number of aliphatic hydroxyl groups excluding tert-OH is 1. The van der Waals surface area contributed by atoms with E-state index in [-0.39, 0.29) is 12.7 Å². The van der Waals surface area contributed by atoms with Crippen molar-refractivity contribution >= 4 is 15.9 Å². The maximum Gasteiger partial charge on any atom is 0.124 e. The van der Waals surface area contributed by atoms with Gasteiger partial charge in [0.1, 0.15) is 11.9 Å². The van der Waals surface area contributed by atoms with Crippen molar-refractivity contribution in [2.24, 2.45) is 0 Å². The minimum atomic E-state index is -0.671. The molecule has 3 nitrogen and oxygen atoms in total. The van der Waals surface area contributed by atoms with Crippen molar-refractivity contribution in [2.75, 3.05) is 13.7 Å². The molecule has 1 atom stereocenters. The van der Waals surface area contributed by atoms with Crippen LogP contribution in [0.1, 0.15) is 25.5 Å². The summed E-state index contributed by atoms with van der Waals surface area (Å²) < 4.78 is 11.5. The molecule has 0 aliphatic heterocycles. The highest BCUT2D eigenvalue weighted by Gasteiger charge is 2.14. The van der Waals surface area contributed by atoms with Crippen LogP contribution in [-0.4, -0.2) is 24.9 Å². The molecule has 0 radical (unpaired) electrons. The van der Waals surface area contributed by atoms with Gasteiger partial charge in [-0.15, -0.1) is 0 Å². The first-order chi connectivity index (χ1) is 7.54. The Kier molecular flexibility index (Phi) is 5.25. The number of halogens is 1. The van der Waals surface area contributed by atoms with Gasteiger partial charge in [-0.1, -0.05) is 15.9 Å². The van der Waals surface area contributed by atoms with Crippen LogP contribution in [0.5, 0.6) is 5.75 Å². The summed E-state index contributed by atoms with van der Waals surface area (Å²) in [5.74, 6) is 0.669. The molecule has 1 unspecified atom stereocenters. The van der Waals surface area contributed by atoms with Gasteiger partial charge in [-0.2, -0.15) is 0 Å². The predicted molar refractivity (Wildman–Crippen MR) is 66.7 cm³/mol. The van der Waals surface area contributed by atoms with Crippen molar-refractivity contribution in [3.8, 4) is 5.75 Å². The molecule has 0 spiro atoms. The molecule has 0 heterocycles. The number of rotatable bonds is 5. The van der Waals surface area contributed by atoms with Crippen LogP contribution in [0.2, 0.25) is 0 Å². The molecule has 0 saturated carbocycles. The number of aliphatic hydroxyl groups is 1. The third kappa shape index (κ3) is 3.77. The smallest absolute Gasteiger partial charge is 0.124 e. The summed E-state index contributed by atoms with van der Waals surface area (Å²) in [6.45, 7) is 4.14. The Morgan fingerprint density at radius 1 is 1.38 bits per heavy atom. The lowest BCUT2D eigenvalue weighted by Crippen LogP contribution is -2.12. The number of hydrogen-bond acceptors (Lipinski definition) is 3. The molecule has 16 heavy (non-hydrogen) atoms. The normalized spacial score (nSPS) is 12.9. The van der Waals surface area contributed by atoms with Crippen LogP contribution in [0.4, 0.5) is 0 Å². The van der Waals surface area contributed by atoms with Crippen molar-refractivity contribution < 1.29 is 14.6 Å². The standard InChI is InChI=1S/C12H17BrO3/c1-8(2)16-7-11(14)10-6-9(13)4-5-12(10)15-3/h4-6,8,11,14H,7H2,1-3H3.